The molecule has 20 heavy (non-hydrogen) atoms. The fraction of sp³-hybridized carbons (Fsp3) is 0.846. The Morgan fingerprint density at radius 2 is 1.90 bits per heavy atom. The Labute approximate surface area is 129 Å². The van der Waals surface area contributed by atoms with E-state index in [9.17, 15) is 9.59 Å². The quantitative estimate of drug-likeness (QED) is 0.546. The summed E-state index contributed by atoms with van der Waals surface area (Å²) in [7, 11) is 4.82. The number of ether oxygens (including phenoxy) is 1. The zero-order valence-electron chi connectivity index (χ0n) is 12.8. The van der Waals surface area contributed by atoms with E-state index in [2.05, 4.69) is 0 Å². The number of carboxylic acid groups (broad SMARTS) is 1. The molecule has 0 aliphatic carbocycles. The van der Waals surface area contributed by atoms with E-state index in [1.807, 2.05) is 27.7 Å². The number of aliphatic carboxylic acids is 1. The highest BCUT2D eigenvalue weighted by molar-refractivity contribution is 8.76. The molecule has 0 aliphatic heterocycles. The molecule has 0 spiro atoms. The Morgan fingerprint density at radius 1 is 1.30 bits per heavy atom. The first-order valence-corrected chi connectivity index (χ1v) is 9.07. The van der Waals surface area contributed by atoms with Gasteiger partial charge in [0.2, 0.25) is 0 Å². The van der Waals surface area contributed by atoms with E-state index in [0.717, 1.165) is 5.75 Å². The summed E-state index contributed by atoms with van der Waals surface area (Å²) in [6.07, 6.45) is 0.306. The lowest BCUT2D eigenvalue weighted by Gasteiger charge is -2.24. The second-order valence-corrected chi connectivity index (χ2v) is 8.08. The van der Waals surface area contributed by atoms with Crippen LogP contribution in [-0.2, 0) is 9.53 Å². The van der Waals surface area contributed by atoms with Gasteiger partial charge in [-0.25, -0.2) is 4.79 Å². The van der Waals surface area contributed by atoms with Crippen LogP contribution in [0.25, 0.3) is 0 Å². The molecule has 0 unspecified atom stereocenters. The first kappa shape index (κ1) is 19.4. The average Bonchev–Trinajstić information content (AvgIpc) is 2.30. The molecular weight excluding hydrogens is 298 g/mol. The third-order valence-electron chi connectivity index (χ3n) is 2.41. The fourth-order valence-electron chi connectivity index (χ4n) is 1.16. The van der Waals surface area contributed by atoms with Crippen LogP contribution in [0.3, 0.4) is 0 Å². The van der Waals surface area contributed by atoms with E-state index in [1.165, 1.54) is 15.7 Å². The topological polar surface area (TPSA) is 66.8 Å². The molecule has 0 saturated carbocycles. The van der Waals surface area contributed by atoms with E-state index < -0.39 is 11.6 Å². The lowest BCUT2D eigenvalue weighted by atomic mass is 10.1. The third-order valence-corrected chi connectivity index (χ3v) is 4.87. The molecule has 0 aromatic carbocycles. The van der Waals surface area contributed by atoms with E-state index in [0.29, 0.717) is 18.7 Å². The van der Waals surface area contributed by atoms with Crippen molar-refractivity contribution in [3.05, 3.63) is 0 Å². The van der Waals surface area contributed by atoms with E-state index in [4.69, 9.17) is 9.84 Å². The van der Waals surface area contributed by atoms with Gasteiger partial charge in [0, 0.05) is 25.1 Å². The van der Waals surface area contributed by atoms with Crippen molar-refractivity contribution in [2.24, 2.45) is 5.92 Å². The Kier molecular flexibility index (Phi) is 9.13. The maximum absolute atomic E-state index is 11.7. The molecule has 7 heteroatoms. The van der Waals surface area contributed by atoms with E-state index in [1.54, 1.807) is 17.8 Å². The standard InChI is InChI=1S/C13H25NO4S2/c1-6-10(11(15)16)9-20-19-8-7-14(5)12(17)18-13(2,3)4/h10H,6-9H2,1-5H3,(H,15,16)/t10-/m0/s1. The molecule has 1 amide bonds. The van der Waals surface area contributed by atoms with Crippen LogP contribution in [-0.4, -0.2) is 52.8 Å². The highest BCUT2D eigenvalue weighted by Gasteiger charge is 2.19. The minimum absolute atomic E-state index is 0.295. The van der Waals surface area contributed by atoms with Gasteiger partial charge in [0.15, 0.2) is 0 Å². The van der Waals surface area contributed by atoms with Crippen molar-refractivity contribution in [3.8, 4) is 0 Å². The van der Waals surface area contributed by atoms with Crippen molar-refractivity contribution in [1.82, 2.24) is 4.90 Å². The molecule has 118 valence electrons. The number of carbonyl (C=O) groups excluding carboxylic acids is 1. The van der Waals surface area contributed by atoms with Gasteiger partial charge >= 0.3 is 12.1 Å². The zero-order valence-corrected chi connectivity index (χ0v) is 14.5. The van der Waals surface area contributed by atoms with Crippen molar-refractivity contribution in [1.29, 1.82) is 0 Å². The number of carbonyl (C=O) groups is 2. The lowest BCUT2D eigenvalue weighted by molar-refractivity contribution is -0.140. The Hall–Kier alpha value is -0.560. The van der Waals surface area contributed by atoms with Gasteiger partial charge < -0.3 is 14.7 Å². The molecule has 0 rings (SSSR count). The largest absolute Gasteiger partial charge is 0.481 e. The summed E-state index contributed by atoms with van der Waals surface area (Å²) in [6.45, 7) is 7.96. The van der Waals surface area contributed by atoms with E-state index >= 15 is 0 Å². The monoisotopic (exact) mass is 323 g/mol. The van der Waals surface area contributed by atoms with Gasteiger partial charge in [-0.15, -0.1) is 0 Å². The van der Waals surface area contributed by atoms with Crippen LogP contribution >= 0.6 is 21.6 Å². The number of rotatable bonds is 8. The maximum Gasteiger partial charge on any atom is 0.410 e. The third kappa shape index (κ3) is 9.36. The summed E-state index contributed by atoms with van der Waals surface area (Å²) in [5.41, 5.74) is -0.483. The van der Waals surface area contributed by atoms with Gasteiger partial charge in [-0.3, -0.25) is 4.79 Å². The summed E-state index contributed by atoms with van der Waals surface area (Å²) in [5, 5.41) is 8.91. The summed E-state index contributed by atoms with van der Waals surface area (Å²) in [4.78, 5) is 24.0. The van der Waals surface area contributed by atoms with Crippen LogP contribution in [0.2, 0.25) is 0 Å². The average molecular weight is 323 g/mol. The molecule has 1 atom stereocenters. The van der Waals surface area contributed by atoms with Gasteiger partial charge in [0.1, 0.15) is 5.60 Å². The summed E-state index contributed by atoms with van der Waals surface area (Å²) in [5.74, 6) is 0.297. The van der Waals surface area contributed by atoms with Gasteiger partial charge in [-0.05, 0) is 27.2 Å². The van der Waals surface area contributed by atoms with Gasteiger partial charge in [0.05, 0.1) is 5.92 Å². The van der Waals surface area contributed by atoms with Crippen molar-refractivity contribution in [2.45, 2.75) is 39.7 Å². The second-order valence-electron chi connectivity index (χ2n) is 5.45. The molecule has 0 fully saturated rings. The second kappa shape index (κ2) is 9.39. The van der Waals surface area contributed by atoms with Crippen LogP contribution in [0, 0.1) is 5.92 Å². The molecule has 0 radical (unpaired) electrons. The van der Waals surface area contributed by atoms with Crippen LogP contribution < -0.4 is 0 Å². The predicted octanol–water partition coefficient (Wildman–Crippen LogP) is 3.35. The van der Waals surface area contributed by atoms with Gasteiger partial charge in [-0.2, -0.15) is 0 Å². The van der Waals surface area contributed by atoms with Crippen LogP contribution in [0.15, 0.2) is 0 Å². The molecule has 0 heterocycles. The molecule has 1 N–H and O–H groups in total. The number of amides is 1. The Bertz CT molecular complexity index is 318. The van der Waals surface area contributed by atoms with Crippen LogP contribution in [0.5, 0.6) is 0 Å². The molecule has 5 nitrogen and oxygen atoms in total. The molecule has 0 bridgehead atoms. The molecular formula is C13H25NO4S2. The summed E-state index contributed by atoms with van der Waals surface area (Å²) >= 11 is 0. The number of hydrogen-bond donors (Lipinski definition) is 1. The molecule has 0 aliphatic rings. The zero-order chi connectivity index (χ0) is 15.8. The molecule has 0 aromatic heterocycles. The van der Waals surface area contributed by atoms with Gasteiger partial charge in [-0.1, -0.05) is 28.5 Å². The molecule has 0 saturated heterocycles. The highest BCUT2D eigenvalue weighted by atomic mass is 33.1. The number of hydrogen-bond acceptors (Lipinski definition) is 5. The lowest BCUT2D eigenvalue weighted by Crippen LogP contribution is -2.35. The molecule has 0 aromatic rings. The summed E-state index contributed by atoms with van der Waals surface area (Å²) < 4.78 is 5.24. The number of nitrogens with zero attached hydrogens (tertiary/aromatic N) is 1. The normalized spacial score (nSPS) is 12.8. The minimum Gasteiger partial charge on any atom is -0.481 e. The van der Waals surface area contributed by atoms with Crippen molar-refractivity contribution >= 4 is 33.7 Å². The SMILES string of the molecule is CC[C@@H](CSSCCN(C)C(=O)OC(C)(C)C)C(=O)O. The fourth-order valence-corrected chi connectivity index (χ4v) is 3.62. The van der Waals surface area contributed by atoms with Crippen molar-refractivity contribution in [3.63, 3.8) is 0 Å². The van der Waals surface area contributed by atoms with Crippen molar-refractivity contribution in [2.75, 3.05) is 25.1 Å². The van der Waals surface area contributed by atoms with E-state index in [-0.39, 0.29) is 12.0 Å². The predicted molar refractivity (Wildman–Crippen MR) is 85.2 cm³/mol. The maximum atomic E-state index is 11.7. The first-order chi connectivity index (χ1) is 9.17. The number of carboxylic acids is 1. The van der Waals surface area contributed by atoms with Crippen LogP contribution in [0.4, 0.5) is 4.79 Å². The Morgan fingerprint density at radius 3 is 2.35 bits per heavy atom. The first-order valence-electron chi connectivity index (χ1n) is 6.58. The summed E-state index contributed by atoms with van der Waals surface area (Å²) in [6, 6.07) is 0. The van der Waals surface area contributed by atoms with Gasteiger partial charge in [0.25, 0.3) is 0 Å². The minimum atomic E-state index is -0.744. The van der Waals surface area contributed by atoms with Crippen molar-refractivity contribution < 1.29 is 19.4 Å². The highest BCUT2D eigenvalue weighted by Crippen LogP contribution is 2.25. The van der Waals surface area contributed by atoms with Crippen LogP contribution in [0.1, 0.15) is 34.1 Å². The smallest absolute Gasteiger partial charge is 0.410 e. The Balaban J connectivity index is 3.79.